The molecule has 0 radical (unpaired) electrons. The molecule has 1 amide bonds. The lowest BCUT2D eigenvalue weighted by atomic mass is 10.0. The van der Waals surface area contributed by atoms with E-state index in [1.807, 2.05) is 71.6 Å². The maximum absolute atomic E-state index is 13.5. The van der Waals surface area contributed by atoms with Gasteiger partial charge < -0.3 is 14.9 Å². The van der Waals surface area contributed by atoms with Gasteiger partial charge in [0, 0.05) is 17.4 Å². The number of nitrogens with one attached hydrogen (secondary N) is 1. The number of carbonyl (C=O) groups is 1. The largest absolute Gasteiger partial charge is 0.497 e. The lowest BCUT2D eigenvalue weighted by Gasteiger charge is -2.32. The number of rotatable bonds is 3. The Morgan fingerprint density at radius 3 is 2.68 bits per heavy atom. The van der Waals surface area contributed by atoms with Crippen molar-refractivity contribution in [1.82, 2.24) is 4.98 Å². The van der Waals surface area contributed by atoms with Gasteiger partial charge in [-0.3, -0.25) is 9.69 Å². The molecule has 154 valence electrons. The van der Waals surface area contributed by atoms with Crippen LogP contribution in [0.4, 0.5) is 11.5 Å². The van der Waals surface area contributed by atoms with Crippen molar-refractivity contribution >= 4 is 35.0 Å². The fraction of sp³-hybridized carbons (Fsp3) is 0.174. The van der Waals surface area contributed by atoms with E-state index in [2.05, 4.69) is 15.5 Å². The molecular weight excluding hydrogens is 412 g/mol. The number of amides is 1. The molecule has 8 heteroatoms. The zero-order valence-corrected chi connectivity index (χ0v) is 17.4. The van der Waals surface area contributed by atoms with E-state index in [0.717, 1.165) is 22.6 Å². The van der Waals surface area contributed by atoms with Gasteiger partial charge in [-0.1, -0.05) is 41.6 Å². The number of fused-ring (bicyclic) bond motifs is 3. The molecule has 3 unspecified atom stereocenters. The highest BCUT2D eigenvalue weighted by Gasteiger charge is 2.64. The normalized spacial score (nSPS) is 25.6. The molecule has 31 heavy (non-hydrogen) atoms. The predicted molar refractivity (Wildman–Crippen MR) is 119 cm³/mol. The van der Waals surface area contributed by atoms with Crippen LogP contribution in [0.3, 0.4) is 0 Å². The molecule has 1 aromatic heterocycles. The molecule has 7 nitrogen and oxygen atoms in total. The summed E-state index contributed by atoms with van der Waals surface area (Å²) in [5, 5.41) is 7.33. The third-order valence-corrected chi connectivity index (χ3v) is 7.44. The third kappa shape index (κ3) is 2.51. The molecule has 3 atom stereocenters. The van der Waals surface area contributed by atoms with Gasteiger partial charge in [0.1, 0.15) is 16.8 Å². The van der Waals surface area contributed by atoms with Gasteiger partial charge in [0.2, 0.25) is 4.87 Å². The van der Waals surface area contributed by atoms with Crippen LogP contribution in [0.15, 0.2) is 78.1 Å². The molecule has 0 aliphatic carbocycles. The van der Waals surface area contributed by atoms with E-state index in [1.54, 1.807) is 25.1 Å². The van der Waals surface area contributed by atoms with Crippen molar-refractivity contribution in [3.63, 3.8) is 0 Å². The van der Waals surface area contributed by atoms with Crippen molar-refractivity contribution in [3.05, 3.63) is 84.1 Å². The topological polar surface area (TPSA) is 76.1 Å². The summed E-state index contributed by atoms with van der Waals surface area (Å²) in [6.07, 6.45) is 1.40. The number of anilines is 2. The Hall–Kier alpha value is -3.52. The number of methoxy groups -OCH3 is 1. The Balaban J connectivity index is 1.49. The number of hydrogen-bond donors (Lipinski definition) is 1. The van der Waals surface area contributed by atoms with Gasteiger partial charge in [-0.2, -0.15) is 0 Å². The van der Waals surface area contributed by atoms with Crippen molar-refractivity contribution in [1.29, 1.82) is 0 Å². The van der Waals surface area contributed by atoms with Crippen LogP contribution in [0.25, 0.3) is 0 Å². The molecule has 3 aromatic rings. The highest BCUT2D eigenvalue weighted by Crippen LogP contribution is 2.60. The summed E-state index contributed by atoms with van der Waals surface area (Å²) in [6.45, 7) is 0. The molecule has 4 heterocycles. The van der Waals surface area contributed by atoms with Crippen molar-refractivity contribution in [2.45, 2.75) is 16.2 Å². The lowest BCUT2D eigenvalue weighted by Crippen LogP contribution is -2.47. The summed E-state index contributed by atoms with van der Waals surface area (Å²) in [6, 6.07) is 21.2. The molecule has 2 aromatic carbocycles. The van der Waals surface area contributed by atoms with E-state index in [0.29, 0.717) is 11.7 Å². The quantitative estimate of drug-likeness (QED) is 0.679. The van der Waals surface area contributed by atoms with Crippen LogP contribution in [-0.4, -0.2) is 29.1 Å². The number of carbonyl (C=O) groups excluding carboxylic acids is 1. The monoisotopic (exact) mass is 430 g/mol. The zero-order valence-electron chi connectivity index (χ0n) is 16.6. The molecule has 1 spiro atoms. The number of thioether (sulfide) groups is 1. The minimum atomic E-state index is -0.997. The van der Waals surface area contributed by atoms with Crippen molar-refractivity contribution in [2.75, 3.05) is 17.3 Å². The molecule has 1 fully saturated rings. The molecule has 6 rings (SSSR count). The van der Waals surface area contributed by atoms with E-state index in [1.165, 1.54) is 0 Å². The van der Waals surface area contributed by atoms with Crippen LogP contribution < -0.4 is 15.0 Å². The summed E-state index contributed by atoms with van der Waals surface area (Å²) in [5.74, 6) is 2.02. The number of para-hydroxylation sites is 1. The fourth-order valence-corrected chi connectivity index (χ4v) is 6.09. The highest BCUT2D eigenvalue weighted by molar-refractivity contribution is 8.03. The van der Waals surface area contributed by atoms with Gasteiger partial charge in [-0.25, -0.2) is 4.98 Å². The van der Waals surface area contributed by atoms with Gasteiger partial charge in [-0.15, -0.1) is 11.8 Å². The number of amidine groups is 1. The first-order chi connectivity index (χ1) is 15.2. The Morgan fingerprint density at radius 2 is 1.90 bits per heavy atom. The smallest absolute Gasteiger partial charge is 0.266 e. The zero-order chi connectivity index (χ0) is 21.0. The number of benzene rings is 2. The Kier molecular flexibility index (Phi) is 3.97. The minimum Gasteiger partial charge on any atom is -0.497 e. The predicted octanol–water partition coefficient (Wildman–Crippen LogP) is 3.90. The molecule has 0 bridgehead atoms. The van der Waals surface area contributed by atoms with Crippen molar-refractivity contribution in [2.24, 2.45) is 5.16 Å². The Labute approximate surface area is 183 Å². The van der Waals surface area contributed by atoms with Gasteiger partial charge >= 0.3 is 0 Å². The number of pyridine rings is 1. The number of hydrogen-bond acceptors (Lipinski definition) is 7. The maximum atomic E-state index is 13.5. The van der Waals surface area contributed by atoms with Gasteiger partial charge in [0.05, 0.1) is 7.11 Å². The maximum Gasteiger partial charge on any atom is 0.266 e. The van der Waals surface area contributed by atoms with Crippen molar-refractivity contribution in [3.8, 4) is 5.75 Å². The van der Waals surface area contributed by atoms with E-state index < -0.39 is 4.87 Å². The van der Waals surface area contributed by atoms with Crippen LogP contribution in [-0.2, 0) is 14.5 Å². The molecule has 1 saturated heterocycles. The standard InChI is InChI=1S/C23H18N4O3S/c1-29-15-11-9-14(10-12-15)19-20-21(26-30-19)27(18-8-4-5-13-24-18)23(31-20)16-6-2-3-7-17(16)25-22(23)28/h2-13,19-20H,1H3,(H,25,28). The summed E-state index contributed by atoms with van der Waals surface area (Å²) in [5.41, 5.74) is 2.69. The number of oxime groups is 1. The molecule has 1 N–H and O–H groups in total. The number of nitrogens with zero attached hydrogens (tertiary/aromatic N) is 3. The highest BCUT2D eigenvalue weighted by atomic mass is 32.2. The minimum absolute atomic E-state index is 0.102. The average molecular weight is 430 g/mol. The van der Waals surface area contributed by atoms with Crippen LogP contribution >= 0.6 is 11.8 Å². The summed E-state index contributed by atoms with van der Waals surface area (Å²) in [7, 11) is 1.64. The first-order valence-corrected chi connectivity index (χ1v) is 10.8. The molecule has 3 aliphatic heterocycles. The van der Waals surface area contributed by atoms with Gasteiger partial charge in [0.25, 0.3) is 5.91 Å². The third-order valence-electron chi connectivity index (χ3n) is 5.80. The SMILES string of the molecule is COc1ccc(C2ON=C3C2SC2(C(=O)Nc4ccccc42)N3c2ccccn2)cc1. The van der Waals surface area contributed by atoms with E-state index >= 15 is 0 Å². The van der Waals surface area contributed by atoms with E-state index in [9.17, 15) is 4.79 Å². The number of aromatic nitrogens is 1. The Bertz CT molecular complexity index is 1200. The van der Waals surface area contributed by atoms with Crippen LogP contribution in [0.2, 0.25) is 0 Å². The molecule has 0 saturated carbocycles. The second kappa shape index (κ2) is 6.75. The van der Waals surface area contributed by atoms with Crippen molar-refractivity contribution < 1.29 is 14.4 Å². The summed E-state index contributed by atoms with van der Waals surface area (Å²) < 4.78 is 5.28. The average Bonchev–Trinajstić information content (AvgIpc) is 3.45. The summed E-state index contributed by atoms with van der Waals surface area (Å²) >= 11 is 1.54. The second-order valence-electron chi connectivity index (χ2n) is 7.45. The fourth-order valence-electron chi connectivity index (χ4n) is 4.38. The second-order valence-corrected chi connectivity index (χ2v) is 8.79. The molecule has 3 aliphatic rings. The van der Waals surface area contributed by atoms with Crippen LogP contribution in [0, 0.1) is 0 Å². The van der Waals surface area contributed by atoms with E-state index in [4.69, 9.17) is 9.57 Å². The van der Waals surface area contributed by atoms with Crippen LogP contribution in [0.1, 0.15) is 17.2 Å². The first kappa shape index (κ1) is 18.3. The lowest BCUT2D eigenvalue weighted by molar-refractivity contribution is -0.117. The van der Waals surface area contributed by atoms with Crippen LogP contribution in [0.5, 0.6) is 5.75 Å². The molecular formula is C23H18N4O3S. The number of ether oxygens (including phenoxy) is 1. The first-order valence-electron chi connectivity index (χ1n) is 9.90. The Morgan fingerprint density at radius 1 is 1.10 bits per heavy atom. The van der Waals surface area contributed by atoms with E-state index in [-0.39, 0.29) is 17.3 Å². The summed E-state index contributed by atoms with van der Waals surface area (Å²) in [4.78, 5) is 24.8. The van der Waals surface area contributed by atoms with Gasteiger partial charge in [-0.05, 0) is 35.9 Å². The van der Waals surface area contributed by atoms with Gasteiger partial charge in [0.15, 0.2) is 11.9 Å².